The number of aryl methyl sites for hydroxylation is 1. The zero-order valence-corrected chi connectivity index (χ0v) is 10.3. The molecule has 3 aromatic rings. The van der Waals surface area contributed by atoms with Crippen LogP contribution in [0.15, 0.2) is 48.5 Å². The summed E-state index contributed by atoms with van der Waals surface area (Å²) in [6, 6.07) is 17.5. The first-order chi connectivity index (χ1) is 8.33. The van der Waals surface area contributed by atoms with E-state index in [9.17, 15) is 0 Å². The van der Waals surface area contributed by atoms with Gasteiger partial charge in [-0.1, -0.05) is 54.9 Å². The number of rotatable bonds is 1. The van der Waals surface area contributed by atoms with Crippen LogP contribution >= 0.6 is 0 Å². The second-order valence-corrected chi connectivity index (χ2v) is 4.55. The standard InChI is InChI=1S/C16H15B/c1-11-12-6-2-3-7-13(12)14-8-4-5-9-15(14)16(11)10-17/h2-9H,10,17H2,1H3. The summed E-state index contributed by atoms with van der Waals surface area (Å²) in [5.41, 5.74) is 2.92. The first-order valence-corrected chi connectivity index (χ1v) is 6.22. The van der Waals surface area contributed by atoms with E-state index in [2.05, 4.69) is 63.3 Å². The Morgan fingerprint density at radius 1 is 0.765 bits per heavy atom. The highest BCUT2D eigenvalue weighted by Gasteiger charge is 2.08. The highest BCUT2D eigenvalue weighted by atomic mass is 14.1. The molecule has 0 aliphatic heterocycles. The minimum absolute atomic E-state index is 1.09. The zero-order chi connectivity index (χ0) is 11.8. The van der Waals surface area contributed by atoms with Crippen molar-refractivity contribution in [3.63, 3.8) is 0 Å². The van der Waals surface area contributed by atoms with Gasteiger partial charge in [-0.15, -0.1) is 0 Å². The maximum atomic E-state index is 2.24. The minimum atomic E-state index is 1.09. The SMILES string of the molecule is BCc1c(C)c2ccccc2c2ccccc12. The molecular formula is C16H15B. The molecule has 0 radical (unpaired) electrons. The van der Waals surface area contributed by atoms with Crippen LogP contribution in [0.1, 0.15) is 11.1 Å². The lowest BCUT2D eigenvalue weighted by molar-refractivity contribution is 1.36. The minimum Gasteiger partial charge on any atom is -0.0616 e. The lowest BCUT2D eigenvalue weighted by Gasteiger charge is -2.13. The van der Waals surface area contributed by atoms with Gasteiger partial charge in [-0.25, -0.2) is 0 Å². The van der Waals surface area contributed by atoms with Gasteiger partial charge in [-0.05, 0) is 39.6 Å². The maximum absolute atomic E-state index is 2.24. The maximum Gasteiger partial charge on any atom is 0.107 e. The van der Waals surface area contributed by atoms with Gasteiger partial charge < -0.3 is 0 Å². The van der Waals surface area contributed by atoms with Gasteiger partial charge in [0.25, 0.3) is 0 Å². The Bertz CT molecular complexity index is 698. The van der Waals surface area contributed by atoms with Crippen molar-refractivity contribution in [2.45, 2.75) is 13.2 Å². The predicted octanol–water partition coefficient (Wildman–Crippen LogP) is 3.43. The third kappa shape index (κ3) is 1.46. The second kappa shape index (κ2) is 3.92. The van der Waals surface area contributed by atoms with E-state index in [1.807, 2.05) is 0 Å². The molecule has 0 spiro atoms. The van der Waals surface area contributed by atoms with E-state index in [1.165, 1.54) is 32.7 Å². The van der Waals surface area contributed by atoms with Crippen molar-refractivity contribution in [2.75, 3.05) is 0 Å². The van der Waals surface area contributed by atoms with Crippen molar-refractivity contribution >= 4 is 29.4 Å². The van der Waals surface area contributed by atoms with Crippen LogP contribution in [0.5, 0.6) is 0 Å². The van der Waals surface area contributed by atoms with Crippen LogP contribution in [0.25, 0.3) is 21.5 Å². The fourth-order valence-electron chi connectivity index (χ4n) is 2.85. The molecule has 82 valence electrons. The van der Waals surface area contributed by atoms with Gasteiger partial charge in [0.1, 0.15) is 7.85 Å². The van der Waals surface area contributed by atoms with Gasteiger partial charge in [0.2, 0.25) is 0 Å². The average molecular weight is 218 g/mol. The first-order valence-electron chi connectivity index (χ1n) is 6.22. The summed E-state index contributed by atoms with van der Waals surface area (Å²) in [5.74, 6) is 0. The Hall–Kier alpha value is -1.76. The third-order valence-electron chi connectivity index (χ3n) is 3.68. The number of hydrogen-bond donors (Lipinski definition) is 0. The molecule has 0 atom stereocenters. The van der Waals surface area contributed by atoms with Gasteiger partial charge in [0.05, 0.1) is 0 Å². The fourth-order valence-corrected chi connectivity index (χ4v) is 2.85. The third-order valence-corrected chi connectivity index (χ3v) is 3.68. The van der Waals surface area contributed by atoms with E-state index in [0.29, 0.717) is 0 Å². The van der Waals surface area contributed by atoms with Gasteiger partial charge in [0, 0.05) is 0 Å². The summed E-state index contributed by atoms with van der Waals surface area (Å²) in [5, 5.41) is 5.55. The van der Waals surface area contributed by atoms with E-state index < -0.39 is 0 Å². The van der Waals surface area contributed by atoms with Crippen molar-refractivity contribution in [3.05, 3.63) is 59.7 Å². The Morgan fingerprint density at radius 2 is 1.24 bits per heavy atom. The van der Waals surface area contributed by atoms with Gasteiger partial charge in [-0.3, -0.25) is 0 Å². The lowest BCUT2D eigenvalue weighted by Crippen LogP contribution is -1.93. The van der Waals surface area contributed by atoms with Gasteiger partial charge >= 0.3 is 0 Å². The molecule has 0 amide bonds. The molecule has 0 aromatic heterocycles. The summed E-state index contributed by atoms with van der Waals surface area (Å²) in [6.45, 7) is 2.24. The predicted molar refractivity (Wildman–Crippen MR) is 78.4 cm³/mol. The molecule has 0 bridgehead atoms. The normalized spacial score (nSPS) is 11.1. The molecule has 0 aliphatic carbocycles. The summed E-state index contributed by atoms with van der Waals surface area (Å²) < 4.78 is 0. The van der Waals surface area contributed by atoms with Crippen LogP contribution in [0.2, 0.25) is 0 Å². The molecule has 0 saturated carbocycles. The zero-order valence-electron chi connectivity index (χ0n) is 10.3. The van der Waals surface area contributed by atoms with Crippen molar-refractivity contribution in [1.82, 2.24) is 0 Å². The summed E-state index contributed by atoms with van der Waals surface area (Å²) in [4.78, 5) is 0. The fraction of sp³-hybridized carbons (Fsp3) is 0.125. The molecule has 3 rings (SSSR count). The monoisotopic (exact) mass is 218 g/mol. The Kier molecular flexibility index (Phi) is 2.40. The summed E-state index contributed by atoms with van der Waals surface area (Å²) >= 11 is 0. The van der Waals surface area contributed by atoms with Crippen molar-refractivity contribution in [2.24, 2.45) is 0 Å². The van der Waals surface area contributed by atoms with E-state index in [1.54, 1.807) is 0 Å². The van der Waals surface area contributed by atoms with Crippen molar-refractivity contribution in [3.8, 4) is 0 Å². The van der Waals surface area contributed by atoms with Crippen LogP contribution in [-0.2, 0) is 6.32 Å². The topological polar surface area (TPSA) is 0 Å². The molecule has 0 nitrogen and oxygen atoms in total. The molecule has 0 aliphatic rings. The largest absolute Gasteiger partial charge is 0.107 e. The number of hydrogen-bond acceptors (Lipinski definition) is 0. The molecule has 17 heavy (non-hydrogen) atoms. The molecule has 0 unspecified atom stereocenters. The first kappa shape index (κ1) is 10.4. The highest BCUT2D eigenvalue weighted by molar-refractivity contribution is 6.15. The molecule has 1 heteroatoms. The van der Waals surface area contributed by atoms with Crippen molar-refractivity contribution < 1.29 is 0 Å². The number of benzene rings is 3. The van der Waals surface area contributed by atoms with Crippen molar-refractivity contribution in [1.29, 1.82) is 0 Å². The molecule has 3 aromatic carbocycles. The molecular weight excluding hydrogens is 203 g/mol. The van der Waals surface area contributed by atoms with Crippen LogP contribution < -0.4 is 0 Å². The Morgan fingerprint density at radius 3 is 1.82 bits per heavy atom. The second-order valence-electron chi connectivity index (χ2n) is 4.55. The van der Waals surface area contributed by atoms with Crippen LogP contribution in [0, 0.1) is 6.92 Å². The average Bonchev–Trinajstić information content (AvgIpc) is 2.40. The molecule has 0 heterocycles. The Balaban J connectivity index is 2.64. The van der Waals surface area contributed by atoms with E-state index in [0.717, 1.165) is 6.32 Å². The van der Waals surface area contributed by atoms with Crippen LogP contribution in [0.4, 0.5) is 0 Å². The summed E-state index contributed by atoms with van der Waals surface area (Å²) in [7, 11) is 2.24. The van der Waals surface area contributed by atoms with E-state index in [4.69, 9.17) is 0 Å². The van der Waals surface area contributed by atoms with Gasteiger partial charge in [0.15, 0.2) is 0 Å². The highest BCUT2D eigenvalue weighted by Crippen LogP contribution is 2.32. The Labute approximate surface area is 103 Å². The van der Waals surface area contributed by atoms with Gasteiger partial charge in [-0.2, -0.15) is 0 Å². The lowest BCUT2D eigenvalue weighted by atomic mass is 9.85. The molecule has 0 N–H and O–H groups in total. The molecule has 0 saturated heterocycles. The smallest absolute Gasteiger partial charge is 0.0616 e. The quantitative estimate of drug-likeness (QED) is 0.433. The van der Waals surface area contributed by atoms with Crippen LogP contribution in [-0.4, -0.2) is 7.85 Å². The summed E-state index contributed by atoms with van der Waals surface area (Å²) in [6.07, 6.45) is 1.09. The van der Waals surface area contributed by atoms with Crippen LogP contribution in [0.3, 0.4) is 0 Å². The number of fused-ring (bicyclic) bond motifs is 3. The molecule has 0 fully saturated rings. The van der Waals surface area contributed by atoms with E-state index >= 15 is 0 Å². The van der Waals surface area contributed by atoms with E-state index in [-0.39, 0.29) is 0 Å².